The smallest absolute Gasteiger partial charge is 0.138 e. The highest BCUT2D eigenvalue weighted by atomic mass is 35.5. The molecule has 0 radical (unpaired) electrons. The van der Waals surface area contributed by atoms with Gasteiger partial charge in [-0.25, -0.2) is 9.97 Å². The van der Waals surface area contributed by atoms with Gasteiger partial charge in [0.05, 0.1) is 5.88 Å². The van der Waals surface area contributed by atoms with E-state index < -0.39 is 0 Å². The van der Waals surface area contributed by atoms with Gasteiger partial charge in [0, 0.05) is 24.7 Å². The fraction of sp³-hybridized carbons (Fsp3) is 0.714. The quantitative estimate of drug-likeness (QED) is 0.634. The second-order valence-corrected chi connectivity index (χ2v) is 6.21. The first-order valence-corrected chi connectivity index (χ1v) is 8.25. The van der Waals surface area contributed by atoms with Crippen LogP contribution in [0.5, 0.6) is 0 Å². The molecule has 3 heterocycles. The molecule has 3 rings (SSSR count). The third-order valence-electron chi connectivity index (χ3n) is 4.37. The van der Waals surface area contributed by atoms with E-state index >= 15 is 0 Å². The van der Waals surface area contributed by atoms with Crippen molar-refractivity contribution in [1.29, 1.82) is 0 Å². The predicted octanol–water partition coefficient (Wildman–Crippen LogP) is 2.93. The van der Waals surface area contributed by atoms with Crippen LogP contribution < -0.4 is 4.90 Å². The van der Waals surface area contributed by atoms with Crippen LogP contribution >= 0.6 is 23.2 Å². The third kappa shape index (κ3) is 2.87. The molecule has 2 fully saturated rings. The van der Waals surface area contributed by atoms with Crippen molar-refractivity contribution in [3.05, 3.63) is 17.0 Å². The number of nitrogens with zero attached hydrogens (tertiary/aromatic N) is 4. The lowest BCUT2D eigenvalue weighted by molar-refractivity contribution is 0.175. The fourth-order valence-corrected chi connectivity index (χ4v) is 3.79. The average Bonchev–Trinajstić information content (AvgIpc) is 2.97. The molecule has 2 aliphatic heterocycles. The lowest BCUT2D eigenvalue weighted by Crippen LogP contribution is -2.41. The van der Waals surface area contributed by atoms with Gasteiger partial charge in [-0.15, -0.1) is 11.6 Å². The molecule has 0 saturated carbocycles. The highest BCUT2D eigenvalue weighted by molar-refractivity contribution is 6.31. The Morgan fingerprint density at radius 2 is 1.95 bits per heavy atom. The second-order valence-electron chi connectivity index (χ2n) is 5.59. The van der Waals surface area contributed by atoms with Crippen LogP contribution in [0.3, 0.4) is 0 Å². The summed E-state index contributed by atoms with van der Waals surface area (Å²) in [5.41, 5.74) is 0.857. The summed E-state index contributed by atoms with van der Waals surface area (Å²) in [7, 11) is 0. The topological polar surface area (TPSA) is 32.3 Å². The molecule has 1 atom stereocenters. The number of hydrogen-bond donors (Lipinski definition) is 0. The number of rotatable bonds is 3. The van der Waals surface area contributed by atoms with Crippen LogP contribution in [-0.2, 0) is 5.88 Å². The minimum Gasteiger partial charge on any atom is -0.355 e. The van der Waals surface area contributed by atoms with Gasteiger partial charge in [-0.1, -0.05) is 18.0 Å². The van der Waals surface area contributed by atoms with Gasteiger partial charge in [0.1, 0.15) is 17.3 Å². The summed E-state index contributed by atoms with van der Waals surface area (Å²) in [6.07, 6.45) is 6.78. The Morgan fingerprint density at radius 1 is 1.15 bits per heavy atom. The number of piperidine rings is 1. The Kier molecular flexibility index (Phi) is 4.64. The molecule has 2 saturated heterocycles. The Morgan fingerprint density at radius 3 is 2.70 bits per heavy atom. The first-order chi connectivity index (χ1) is 9.79. The highest BCUT2D eigenvalue weighted by Crippen LogP contribution is 2.29. The van der Waals surface area contributed by atoms with Crippen molar-refractivity contribution in [2.45, 2.75) is 37.6 Å². The fourth-order valence-electron chi connectivity index (χ4n) is 3.29. The highest BCUT2D eigenvalue weighted by Gasteiger charge is 2.30. The summed E-state index contributed by atoms with van der Waals surface area (Å²) >= 11 is 12.1. The molecule has 4 nitrogen and oxygen atoms in total. The minimum absolute atomic E-state index is 0.361. The molecule has 6 heteroatoms. The van der Waals surface area contributed by atoms with Crippen molar-refractivity contribution in [2.24, 2.45) is 0 Å². The largest absolute Gasteiger partial charge is 0.355 e. The van der Waals surface area contributed by atoms with Crippen LogP contribution in [-0.4, -0.2) is 47.1 Å². The molecular formula is C14H20Cl2N4. The number of hydrogen-bond acceptors (Lipinski definition) is 4. The van der Waals surface area contributed by atoms with E-state index in [0.29, 0.717) is 17.1 Å². The van der Waals surface area contributed by atoms with Gasteiger partial charge in [0.15, 0.2) is 0 Å². The number of likely N-dealkylation sites (tertiary alicyclic amines) is 1. The van der Waals surface area contributed by atoms with Gasteiger partial charge in [-0.05, 0) is 32.4 Å². The molecule has 0 spiro atoms. The average molecular weight is 315 g/mol. The second kappa shape index (κ2) is 6.46. The van der Waals surface area contributed by atoms with E-state index in [1.165, 1.54) is 45.1 Å². The van der Waals surface area contributed by atoms with Crippen molar-refractivity contribution < 1.29 is 0 Å². The van der Waals surface area contributed by atoms with Gasteiger partial charge in [-0.3, -0.25) is 4.90 Å². The van der Waals surface area contributed by atoms with E-state index in [9.17, 15) is 0 Å². The van der Waals surface area contributed by atoms with Crippen LogP contribution in [0.25, 0.3) is 0 Å². The van der Waals surface area contributed by atoms with E-state index in [4.69, 9.17) is 23.2 Å². The Labute approximate surface area is 130 Å². The monoisotopic (exact) mass is 314 g/mol. The van der Waals surface area contributed by atoms with E-state index in [1.54, 1.807) is 0 Å². The van der Waals surface area contributed by atoms with Crippen molar-refractivity contribution in [1.82, 2.24) is 14.9 Å². The molecule has 0 aromatic carbocycles. The molecule has 1 unspecified atom stereocenters. The number of alkyl halides is 1. The summed E-state index contributed by atoms with van der Waals surface area (Å²) in [5, 5.41) is 0.478. The molecule has 2 aliphatic rings. The number of anilines is 1. The zero-order valence-corrected chi connectivity index (χ0v) is 13.1. The first-order valence-electron chi connectivity index (χ1n) is 7.34. The maximum absolute atomic E-state index is 6.12. The number of aromatic nitrogens is 2. The van der Waals surface area contributed by atoms with Crippen molar-refractivity contribution >= 4 is 29.0 Å². The summed E-state index contributed by atoms with van der Waals surface area (Å²) < 4.78 is 0. The third-order valence-corrected chi connectivity index (χ3v) is 4.97. The molecular weight excluding hydrogens is 295 g/mol. The number of halogens is 2. The maximum atomic E-state index is 6.12. The molecule has 0 bridgehead atoms. The Hall–Kier alpha value is -0.580. The zero-order valence-electron chi connectivity index (χ0n) is 11.6. The predicted molar refractivity (Wildman–Crippen MR) is 82.6 cm³/mol. The summed E-state index contributed by atoms with van der Waals surface area (Å²) in [5.74, 6) is 1.28. The van der Waals surface area contributed by atoms with Gasteiger partial charge in [-0.2, -0.15) is 0 Å². The van der Waals surface area contributed by atoms with E-state index in [-0.39, 0.29) is 0 Å². The SMILES string of the molecule is ClCc1c(Cl)ncnc1N1CCC(N2CCCCC2)C1. The molecule has 0 amide bonds. The van der Waals surface area contributed by atoms with Crippen LogP contribution in [0.2, 0.25) is 5.15 Å². The first kappa shape index (κ1) is 14.4. The minimum atomic E-state index is 0.361. The van der Waals surface area contributed by atoms with E-state index in [2.05, 4.69) is 19.8 Å². The molecule has 110 valence electrons. The molecule has 1 aromatic heterocycles. The maximum Gasteiger partial charge on any atom is 0.138 e. The summed E-state index contributed by atoms with van der Waals surface area (Å²) in [6.45, 7) is 4.53. The Balaban J connectivity index is 1.72. The van der Waals surface area contributed by atoms with Crippen LogP contribution in [0, 0.1) is 0 Å². The molecule has 20 heavy (non-hydrogen) atoms. The molecule has 1 aromatic rings. The van der Waals surface area contributed by atoms with Crippen LogP contribution in [0.15, 0.2) is 6.33 Å². The zero-order chi connectivity index (χ0) is 13.9. The van der Waals surface area contributed by atoms with Crippen molar-refractivity contribution in [2.75, 3.05) is 31.1 Å². The summed E-state index contributed by atoms with van der Waals surface area (Å²) in [6, 6.07) is 0.646. The normalized spacial score (nSPS) is 24.3. The van der Waals surface area contributed by atoms with Crippen LogP contribution in [0.4, 0.5) is 5.82 Å². The van der Waals surface area contributed by atoms with Crippen LogP contribution in [0.1, 0.15) is 31.2 Å². The standard InChI is InChI=1S/C14H20Cl2N4/c15-8-12-13(16)17-10-18-14(12)20-7-4-11(9-20)19-5-2-1-3-6-19/h10-11H,1-9H2. The van der Waals surface area contributed by atoms with Gasteiger partial charge in [0.25, 0.3) is 0 Å². The van der Waals surface area contributed by atoms with Crippen molar-refractivity contribution in [3.63, 3.8) is 0 Å². The Bertz CT molecular complexity index is 462. The van der Waals surface area contributed by atoms with Gasteiger partial charge < -0.3 is 4.90 Å². The van der Waals surface area contributed by atoms with E-state index in [1.807, 2.05) is 0 Å². The lowest BCUT2D eigenvalue weighted by atomic mass is 10.1. The van der Waals surface area contributed by atoms with E-state index in [0.717, 1.165) is 24.5 Å². The molecule has 0 aliphatic carbocycles. The lowest BCUT2D eigenvalue weighted by Gasteiger charge is -2.32. The molecule has 0 N–H and O–H groups in total. The van der Waals surface area contributed by atoms with Gasteiger partial charge >= 0.3 is 0 Å². The van der Waals surface area contributed by atoms with Gasteiger partial charge in [0.2, 0.25) is 0 Å². The van der Waals surface area contributed by atoms with Crippen molar-refractivity contribution in [3.8, 4) is 0 Å². The summed E-state index contributed by atoms with van der Waals surface area (Å²) in [4.78, 5) is 13.4.